The first-order chi connectivity index (χ1) is 13.1. The zero-order chi connectivity index (χ0) is 18.8. The van der Waals surface area contributed by atoms with Gasteiger partial charge in [0, 0.05) is 41.1 Å². The third-order valence-corrected chi connectivity index (χ3v) is 5.06. The quantitative estimate of drug-likeness (QED) is 0.877. The minimum Gasteiger partial charge on any atom is -0.362 e. The summed E-state index contributed by atoms with van der Waals surface area (Å²) in [4.78, 5) is 30.1. The number of rotatable bonds is 3. The fourth-order valence-corrected chi connectivity index (χ4v) is 3.88. The van der Waals surface area contributed by atoms with Crippen molar-refractivity contribution in [1.29, 1.82) is 0 Å². The number of hydrogen-bond donors (Lipinski definition) is 2. The van der Waals surface area contributed by atoms with E-state index in [1.54, 1.807) is 18.3 Å². The third kappa shape index (κ3) is 3.28. The van der Waals surface area contributed by atoms with Crippen LogP contribution in [0.5, 0.6) is 0 Å². The van der Waals surface area contributed by atoms with Gasteiger partial charge in [0.1, 0.15) is 5.82 Å². The monoisotopic (exact) mass is 359 g/mol. The van der Waals surface area contributed by atoms with Gasteiger partial charge in [-0.2, -0.15) is 0 Å². The fraction of sp³-hybridized carbons (Fsp3) is 0.227. The molecule has 5 heteroatoms. The average molecular weight is 359 g/mol. The van der Waals surface area contributed by atoms with Crippen molar-refractivity contribution in [3.63, 3.8) is 0 Å². The van der Waals surface area contributed by atoms with Crippen molar-refractivity contribution >= 4 is 17.5 Å². The summed E-state index contributed by atoms with van der Waals surface area (Å²) >= 11 is 0. The van der Waals surface area contributed by atoms with Crippen molar-refractivity contribution < 1.29 is 9.59 Å². The van der Waals surface area contributed by atoms with Crippen molar-refractivity contribution in [2.24, 2.45) is 0 Å². The van der Waals surface area contributed by atoms with E-state index in [1.165, 1.54) is 0 Å². The first kappa shape index (κ1) is 17.2. The van der Waals surface area contributed by atoms with Gasteiger partial charge in [0.2, 0.25) is 0 Å². The molecule has 0 bridgehead atoms. The van der Waals surface area contributed by atoms with E-state index >= 15 is 0 Å². The molecule has 0 saturated heterocycles. The zero-order valence-electron chi connectivity index (χ0n) is 15.2. The Morgan fingerprint density at radius 3 is 2.63 bits per heavy atom. The second-order valence-corrected chi connectivity index (χ2v) is 6.85. The number of carbonyl (C=O) groups is 2. The average Bonchev–Trinajstić information content (AvgIpc) is 2.68. The Morgan fingerprint density at radius 2 is 1.89 bits per heavy atom. The molecule has 4 rings (SSSR count). The van der Waals surface area contributed by atoms with Gasteiger partial charge < -0.3 is 10.6 Å². The van der Waals surface area contributed by atoms with Crippen molar-refractivity contribution in [3.05, 3.63) is 82.8 Å². The SMILES string of the molecule is CC1=C(C(=O)Nc2ccccn2)[C@@H](c2ccccc2)C2=C(CCCC2=O)N1. The highest BCUT2D eigenvalue weighted by Gasteiger charge is 2.38. The number of nitrogens with one attached hydrogen (secondary N) is 2. The van der Waals surface area contributed by atoms with Gasteiger partial charge in [0.25, 0.3) is 5.91 Å². The normalized spacial score (nSPS) is 19.4. The number of Topliss-reactive ketones (excluding diaryl/α,β-unsaturated/α-hetero) is 1. The van der Waals surface area contributed by atoms with Crippen LogP contribution in [0.1, 0.15) is 37.7 Å². The number of nitrogens with zero attached hydrogens (tertiary/aromatic N) is 1. The molecule has 5 nitrogen and oxygen atoms in total. The van der Waals surface area contributed by atoms with Crippen molar-refractivity contribution in [1.82, 2.24) is 10.3 Å². The summed E-state index contributed by atoms with van der Waals surface area (Å²) in [6, 6.07) is 15.1. The molecule has 0 unspecified atom stereocenters. The van der Waals surface area contributed by atoms with Crippen LogP contribution in [-0.2, 0) is 9.59 Å². The van der Waals surface area contributed by atoms with Crippen molar-refractivity contribution in [3.8, 4) is 0 Å². The first-order valence-electron chi connectivity index (χ1n) is 9.16. The molecule has 0 saturated carbocycles. The highest BCUT2D eigenvalue weighted by atomic mass is 16.2. The highest BCUT2D eigenvalue weighted by Crippen LogP contribution is 2.42. The smallest absolute Gasteiger partial charge is 0.255 e. The lowest BCUT2D eigenvalue weighted by Crippen LogP contribution is -2.35. The van der Waals surface area contributed by atoms with E-state index in [4.69, 9.17) is 0 Å². The molecule has 1 aliphatic carbocycles. The topological polar surface area (TPSA) is 71.1 Å². The Bertz CT molecular complexity index is 946. The first-order valence-corrected chi connectivity index (χ1v) is 9.16. The van der Waals surface area contributed by atoms with Gasteiger partial charge in [0.05, 0.1) is 0 Å². The molecule has 1 atom stereocenters. The minimum atomic E-state index is -0.362. The summed E-state index contributed by atoms with van der Waals surface area (Å²) in [5, 5.41) is 6.19. The van der Waals surface area contributed by atoms with E-state index in [2.05, 4.69) is 15.6 Å². The number of aromatic nitrogens is 1. The lowest BCUT2D eigenvalue weighted by atomic mass is 9.75. The molecule has 2 aliphatic rings. The van der Waals surface area contributed by atoms with Gasteiger partial charge in [-0.1, -0.05) is 36.4 Å². The van der Waals surface area contributed by atoms with Gasteiger partial charge in [-0.05, 0) is 37.5 Å². The van der Waals surface area contributed by atoms with Gasteiger partial charge in [-0.15, -0.1) is 0 Å². The molecule has 0 fully saturated rings. The molecule has 2 heterocycles. The maximum atomic E-state index is 13.2. The summed E-state index contributed by atoms with van der Waals surface area (Å²) in [6.45, 7) is 1.89. The molecule has 2 aromatic rings. The number of hydrogen-bond acceptors (Lipinski definition) is 4. The summed E-state index contributed by atoms with van der Waals surface area (Å²) in [7, 11) is 0. The van der Waals surface area contributed by atoms with Crippen LogP contribution in [0.25, 0.3) is 0 Å². The fourth-order valence-electron chi connectivity index (χ4n) is 3.88. The van der Waals surface area contributed by atoms with Crippen LogP contribution in [0.15, 0.2) is 77.3 Å². The predicted octanol–water partition coefficient (Wildman–Crippen LogP) is 3.69. The molecular weight excluding hydrogens is 338 g/mol. The number of pyridine rings is 1. The van der Waals surface area contributed by atoms with Gasteiger partial charge in [-0.25, -0.2) is 4.98 Å². The number of ketones is 1. The number of anilines is 1. The largest absolute Gasteiger partial charge is 0.362 e. The van der Waals surface area contributed by atoms with Crippen LogP contribution in [0.4, 0.5) is 5.82 Å². The van der Waals surface area contributed by atoms with Gasteiger partial charge in [0.15, 0.2) is 5.78 Å². The van der Waals surface area contributed by atoms with Crippen LogP contribution in [-0.4, -0.2) is 16.7 Å². The number of carbonyl (C=O) groups excluding carboxylic acids is 2. The molecule has 1 aliphatic heterocycles. The second-order valence-electron chi connectivity index (χ2n) is 6.85. The van der Waals surface area contributed by atoms with E-state index in [1.807, 2.05) is 43.3 Å². The summed E-state index contributed by atoms with van der Waals surface area (Å²) in [6.07, 6.45) is 3.83. The molecular formula is C22H21N3O2. The van der Waals surface area contributed by atoms with E-state index in [0.717, 1.165) is 35.4 Å². The van der Waals surface area contributed by atoms with E-state index < -0.39 is 0 Å². The number of benzene rings is 1. The second kappa shape index (κ2) is 7.19. The zero-order valence-corrected chi connectivity index (χ0v) is 15.2. The van der Waals surface area contributed by atoms with Crippen molar-refractivity contribution in [2.45, 2.75) is 32.1 Å². The number of dihydropyridines is 1. The van der Waals surface area contributed by atoms with E-state index in [0.29, 0.717) is 17.8 Å². The standard InChI is InChI=1S/C22H21N3O2/c1-14-19(22(27)25-18-12-5-6-13-23-18)20(15-8-3-2-4-9-15)21-16(24-14)10-7-11-17(21)26/h2-6,8-9,12-13,20,24H,7,10-11H2,1H3,(H,23,25,27)/t20-/m1/s1. The van der Waals surface area contributed by atoms with Crippen LogP contribution in [0.3, 0.4) is 0 Å². The molecule has 1 amide bonds. The Labute approximate surface area is 158 Å². The van der Waals surface area contributed by atoms with E-state index in [-0.39, 0.29) is 17.6 Å². The van der Waals surface area contributed by atoms with Crippen LogP contribution >= 0.6 is 0 Å². The molecule has 27 heavy (non-hydrogen) atoms. The van der Waals surface area contributed by atoms with Gasteiger partial charge >= 0.3 is 0 Å². The Hall–Kier alpha value is -3.21. The lowest BCUT2D eigenvalue weighted by Gasteiger charge is -2.34. The summed E-state index contributed by atoms with van der Waals surface area (Å²) in [5.74, 6) is 0.00837. The maximum Gasteiger partial charge on any atom is 0.255 e. The summed E-state index contributed by atoms with van der Waals surface area (Å²) in [5.41, 5.74) is 3.98. The van der Waals surface area contributed by atoms with Crippen LogP contribution in [0.2, 0.25) is 0 Å². The third-order valence-electron chi connectivity index (χ3n) is 5.06. The molecule has 136 valence electrons. The Morgan fingerprint density at radius 1 is 1.11 bits per heavy atom. The summed E-state index contributed by atoms with van der Waals surface area (Å²) < 4.78 is 0. The molecule has 1 aromatic carbocycles. The lowest BCUT2D eigenvalue weighted by molar-refractivity contribution is -0.116. The number of allylic oxidation sites excluding steroid dienone is 3. The molecule has 0 radical (unpaired) electrons. The predicted molar refractivity (Wildman–Crippen MR) is 104 cm³/mol. The van der Waals surface area contributed by atoms with Crippen molar-refractivity contribution in [2.75, 3.05) is 5.32 Å². The molecule has 1 aromatic heterocycles. The van der Waals surface area contributed by atoms with E-state index in [9.17, 15) is 9.59 Å². The van der Waals surface area contributed by atoms with Crippen LogP contribution in [0, 0.1) is 0 Å². The highest BCUT2D eigenvalue weighted by molar-refractivity contribution is 6.09. The number of amides is 1. The maximum absolute atomic E-state index is 13.2. The molecule has 2 N–H and O–H groups in total. The minimum absolute atomic E-state index is 0.119. The Kier molecular flexibility index (Phi) is 4.59. The molecule has 0 spiro atoms. The van der Waals surface area contributed by atoms with Crippen LogP contribution < -0.4 is 10.6 Å². The van der Waals surface area contributed by atoms with Gasteiger partial charge in [-0.3, -0.25) is 9.59 Å². The Balaban J connectivity index is 1.78.